The topological polar surface area (TPSA) is 76.2 Å². The molecule has 0 amide bonds. The van der Waals surface area contributed by atoms with E-state index in [-0.39, 0.29) is 5.56 Å². The van der Waals surface area contributed by atoms with Crippen molar-refractivity contribution in [3.8, 4) is 0 Å². The molecule has 5 nitrogen and oxygen atoms in total. The summed E-state index contributed by atoms with van der Waals surface area (Å²) >= 11 is 0. The normalized spacial score (nSPS) is 17.1. The SMILES string of the molecule is NCCc1cc(=O)n2[nH]c(C3CCCCC3)cc2n1. The molecule has 0 radical (unpaired) electrons. The van der Waals surface area contributed by atoms with E-state index < -0.39 is 0 Å². The lowest BCUT2D eigenvalue weighted by Gasteiger charge is -2.19. The molecule has 1 fully saturated rings. The molecule has 0 atom stereocenters. The third-order valence-electron chi connectivity index (χ3n) is 3.97. The number of nitrogens with two attached hydrogens (primary N) is 1. The van der Waals surface area contributed by atoms with Crippen LogP contribution in [0.5, 0.6) is 0 Å². The van der Waals surface area contributed by atoms with Gasteiger partial charge in [0.1, 0.15) is 0 Å². The molecular formula is C14H20N4O. The average Bonchev–Trinajstić information content (AvgIpc) is 2.85. The summed E-state index contributed by atoms with van der Waals surface area (Å²) in [5.74, 6) is 0.549. The van der Waals surface area contributed by atoms with Crippen LogP contribution in [0.1, 0.15) is 49.4 Å². The van der Waals surface area contributed by atoms with Gasteiger partial charge in [0.05, 0.1) is 0 Å². The lowest BCUT2D eigenvalue weighted by atomic mass is 9.87. The zero-order chi connectivity index (χ0) is 13.2. The predicted molar refractivity (Wildman–Crippen MR) is 74.4 cm³/mol. The molecule has 3 N–H and O–H groups in total. The van der Waals surface area contributed by atoms with E-state index in [4.69, 9.17) is 5.73 Å². The Kier molecular flexibility index (Phi) is 3.38. The number of aromatic amines is 1. The van der Waals surface area contributed by atoms with Crippen LogP contribution in [0, 0.1) is 0 Å². The minimum absolute atomic E-state index is 0.0458. The first kappa shape index (κ1) is 12.4. The van der Waals surface area contributed by atoms with Crippen LogP contribution in [-0.2, 0) is 6.42 Å². The van der Waals surface area contributed by atoms with E-state index >= 15 is 0 Å². The molecule has 102 valence electrons. The highest BCUT2D eigenvalue weighted by Gasteiger charge is 2.18. The number of nitrogens with one attached hydrogen (secondary N) is 1. The summed E-state index contributed by atoms with van der Waals surface area (Å²) in [5, 5.41) is 3.21. The van der Waals surface area contributed by atoms with Gasteiger partial charge < -0.3 is 5.73 Å². The molecule has 0 spiro atoms. The zero-order valence-electron chi connectivity index (χ0n) is 11.1. The summed E-state index contributed by atoms with van der Waals surface area (Å²) in [7, 11) is 0. The van der Waals surface area contributed by atoms with Crippen molar-refractivity contribution in [2.45, 2.75) is 44.4 Å². The molecule has 19 heavy (non-hydrogen) atoms. The summed E-state index contributed by atoms with van der Waals surface area (Å²) in [4.78, 5) is 16.5. The zero-order valence-corrected chi connectivity index (χ0v) is 11.1. The molecule has 0 aliphatic heterocycles. The Morgan fingerprint density at radius 1 is 1.32 bits per heavy atom. The highest BCUT2D eigenvalue weighted by Crippen LogP contribution is 2.31. The van der Waals surface area contributed by atoms with Crippen molar-refractivity contribution in [3.05, 3.63) is 33.9 Å². The predicted octanol–water partition coefficient (Wildman–Crippen LogP) is 1.57. The summed E-state index contributed by atoms with van der Waals surface area (Å²) in [5.41, 5.74) is 8.12. The average molecular weight is 260 g/mol. The van der Waals surface area contributed by atoms with Gasteiger partial charge >= 0.3 is 0 Å². The van der Waals surface area contributed by atoms with E-state index in [0.29, 0.717) is 18.9 Å². The Morgan fingerprint density at radius 2 is 2.11 bits per heavy atom. The molecule has 1 aliphatic carbocycles. The second kappa shape index (κ2) is 5.17. The number of rotatable bonds is 3. The van der Waals surface area contributed by atoms with Gasteiger partial charge in [0.25, 0.3) is 5.56 Å². The van der Waals surface area contributed by atoms with Crippen LogP contribution in [0.2, 0.25) is 0 Å². The highest BCUT2D eigenvalue weighted by molar-refractivity contribution is 5.40. The maximum Gasteiger partial charge on any atom is 0.272 e. The lowest BCUT2D eigenvalue weighted by molar-refractivity contribution is 0.435. The number of hydrogen-bond acceptors (Lipinski definition) is 3. The molecule has 3 rings (SSSR count). The first-order chi connectivity index (χ1) is 9.28. The minimum Gasteiger partial charge on any atom is -0.330 e. The first-order valence-corrected chi connectivity index (χ1v) is 7.09. The van der Waals surface area contributed by atoms with Gasteiger partial charge in [0.2, 0.25) is 0 Å². The van der Waals surface area contributed by atoms with Crippen LogP contribution in [0.15, 0.2) is 16.9 Å². The Morgan fingerprint density at radius 3 is 2.84 bits per heavy atom. The quantitative estimate of drug-likeness (QED) is 0.879. The smallest absolute Gasteiger partial charge is 0.272 e. The Bertz CT molecular complexity index is 622. The molecule has 1 aliphatic rings. The van der Waals surface area contributed by atoms with Crippen LogP contribution >= 0.6 is 0 Å². The van der Waals surface area contributed by atoms with Crippen molar-refractivity contribution in [2.75, 3.05) is 6.54 Å². The molecule has 2 aromatic heterocycles. The fraction of sp³-hybridized carbons (Fsp3) is 0.571. The minimum atomic E-state index is -0.0458. The van der Waals surface area contributed by atoms with Crippen LogP contribution < -0.4 is 11.3 Å². The van der Waals surface area contributed by atoms with E-state index in [1.54, 1.807) is 10.6 Å². The van der Waals surface area contributed by atoms with E-state index in [0.717, 1.165) is 17.0 Å². The molecule has 0 unspecified atom stereocenters. The van der Waals surface area contributed by atoms with Gasteiger partial charge in [-0.25, -0.2) is 9.50 Å². The Labute approximate surface area is 111 Å². The highest BCUT2D eigenvalue weighted by atomic mass is 16.1. The van der Waals surface area contributed by atoms with Crippen molar-refractivity contribution in [1.29, 1.82) is 0 Å². The molecule has 0 saturated heterocycles. The molecule has 1 saturated carbocycles. The third-order valence-corrected chi connectivity index (χ3v) is 3.97. The van der Waals surface area contributed by atoms with Gasteiger partial charge in [-0.2, -0.15) is 0 Å². The first-order valence-electron chi connectivity index (χ1n) is 7.09. The number of fused-ring (bicyclic) bond motifs is 1. The molecule has 0 aromatic carbocycles. The van der Waals surface area contributed by atoms with Gasteiger partial charge in [0, 0.05) is 35.9 Å². The van der Waals surface area contributed by atoms with Gasteiger partial charge in [-0.15, -0.1) is 0 Å². The Hall–Kier alpha value is -1.62. The second-order valence-corrected chi connectivity index (χ2v) is 5.36. The monoisotopic (exact) mass is 260 g/mol. The molecule has 5 heteroatoms. The Balaban J connectivity index is 1.99. The van der Waals surface area contributed by atoms with Crippen LogP contribution in [0.4, 0.5) is 0 Å². The summed E-state index contributed by atoms with van der Waals surface area (Å²) in [6.07, 6.45) is 6.95. The largest absolute Gasteiger partial charge is 0.330 e. The van der Waals surface area contributed by atoms with Crippen molar-refractivity contribution >= 4 is 5.65 Å². The fourth-order valence-electron chi connectivity index (χ4n) is 2.96. The maximum absolute atomic E-state index is 12.0. The van der Waals surface area contributed by atoms with E-state index in [1.807, 2.05) is 6.07 Å². The number of nitrogens with zero attached hydrogens (tertiary/aromatic N) is 2. The number of H-pyrrole nitrogens is 1. The summed E-state index contributed by atoms with van der Waals surface area (Å²) in [6, 6.07) is 3.60. The van der Waals surface area contributed by atoms with Crippen molar-refractivity contribution in [3.63, 3.8) is 0 Å². The third kappa shape index (κ3) is 2.42. The van der Waals surface area contributed by atoms with E-state index in [2.05, 4.69) is 10.1 Å². The summed E-state index contributed by atoms with van der Waals surface area (Å²) < 4.78 is 1.55. The second-order valence-electron chi connectivity index (χ2n) is 5.36. The fourth-order valence-corrected chi connectivity index (χ4v) is 2.96. The maximum atomic E-state index is 12.0. The molecule has 0 bridgehead atoms. The van der Waals surface area contributed by atoms with E-state index in [1.165, 1.54) is 32.1 Å². The van der Waals surface area contributed by atoms with Gasteiger partial charge in [-0.3, -0.25) is 9.89 Å². The van der Waals surface area contributed by atoms with Crippen LogP contribution in [0.25, 0.3) is 5.65 Å². The van der Waals surface area contributed by atoms with Crippen molar-refractivity contribution in [1.82, 2.24) is 14.6 Å². The lowest BCUT2D eigenvalue weighted by Crippen LogP contribution is -2.17. The van der Waals surface area contributed by atoms with Crippen LogP contribution in [0.3, 0.4) is 0 Å². The number of hydrogen-bond donors (Lipinski definition) is 2. The van der Waals surface area contributed by atoms with E-state index in [9.17, 15) is 4.79 Å². The summed E-state index contributed by atoms with van der Waals surface area (Å²) in [6.45, 7) is 0.516. The molecule has 2 heterocycles. The van der Waals surface area contributed by atoms with Crippen molar-refractivity contribution < 1.29 is 0 Å². The molecule has 2 aromatic rings. The van der Waals surface area contributed by atoms with Gasteiger partial charge in [-0.05, 0) is 19.4 Å². The number of aromatic nitrogens is 3. The molecular weight excluding hydrogens is 240 g/mol. The standard InChI is InChI=1S/C14H20N4O/c15-7-6-11-8-14(19)18-13(16-11)9-12(17-18)10-4-2-1-3-5-10/h8-10,17H,1-7,15H2. The van der Waals surface area contributed by atoms with Gasteiger partial charge in [-0.1, -0.05) is 19.3 Å². The van der Waals surface area contributed by atoms with Crippen molar-refractivity contribution in [2.24, 2.45) is 5.73 Å². The van der Waals surface area contributed by atoms with Crippen LogP contribution in [-0.4, -0.2) is 21.1 Å². The van der Waals surface area contributed by atoms with Gasteiger partial charge in [0.15, 0.2) is 5.65 Å².